The predicted molar refractivity (Wildman–Crippen MR) is 135 cm³/mol. The fourth-order valence-electron chi connectivity index (χ4n) is 5.86. The van der Waals surface area contributed by atoms with E-state index in [1.54, 1.807) is 7.11 Å². The van der Waals surface area contributed by atoms with E-state index in [-0.39, 0.29) is 11.9 Å². The zero-order valence-corrected chi connectivity index (χ0v) is 20.2. The molecule has 3 unspecified atom stereocenters. The molecule has 1 amide bonds. The molecule has 0 aromatic heterocycles. The van der Waals surface area contributed by atoms with Gasteiger partial charge in [0, 0.05) is 50.4 Å². The number of hydrogen-bond acceptors (Lipinski definition) is 5. The van der Waals surface area contributed by atoms with Crippen molar-refractivity contribution in [2.24, 2.45) is 0 Å². The minimum Gasteiger partial charge on any atom is -0.497 e. The Morgan fingerprint density at radius 1 is 1.09 bits per heavy atom. The Hall–Kier alpha value is -2.67. The summed E-state index contributed by atoms with van der Waals surface area (Å²) in [6, 6.07) is 17.8. The molecule has 2 aromatic carbocycles. The molecule has 0 saturated carbocycles. The molecule has 4 aliphatic heterocycles. The van der Waals surface area contributed by atoms with Crippen LogP contribution in [0.25, 0.3) is 0 Å². The first-order valence-corrected chi connectivity index (χ1v) is 12.6. The minimum absolute atomic E-state index is 0.0210. The maximum atomic E-state index is 12.8. The zero-order chi connectivity index (χ0) is 23.5. The molecule has 180 valence electrons. The number of rotatable bonds is 8. The van der Waals surface area contributed by atoms with Gasteiger partial charge in [-0.1, -0.05) is 36.8 Å². The van der Waals surface area contributed by atoms with E-state index >= 15 is 0 Å². The van der Waals surface area contributed by atoms with E-state index in [2.05, 4.69) is 57.1 Å². The molecule has 4 saturated heterocycles. The third kappa shape index (κ3) is 4.76. The number of ether oxygens (including phenoxy) is 1. The predicted octanol–water partition coefficient (Wildman–Crippen LogP) is 3.86. The standard InChI is InChI=1S/C28H36N4O2/c1-3-14-30-19-24-18-25(20-30)32(24)27(23-8-7-9-26(17-23)34-2)21-10-12-22(13-11-21)28(33)29-31-15-5-4-6-16-31/h3,7-13,17,24-25,27H,1,4-6,14-16,18-20H2,2H3,(H,29,33). The SMILES string of the molecule is C=CCN1CC2CC(C1)N2C(c1ccc(C(=O)NN2CCCCC2)cc1)c1cccc(OC)c1. The summed E-state index contributed by atoms with van der Waals surface area (Å²) in [4.78, 5) is 18.0. The van der Waals surface area contributed by atoms with Crippen molar-refractivity contribution in [2.75, 3.05) is 39.8 Å². The molecule has 4 heterocycles. The molecule has 6 heteroatoms. The van der Waals surface area contributed by atoms with Crippen LogP contribution < -0.4 is 10.2 Å². The smallest absolute Gasteiger partial charge is 0.265 e. The van der Waals surface area contributed by atoms with Gasteiger partial charge in [0.2, 0.25) is 0 Å². The van der Waals surface area contributed by atoms with Crippen LogP contribution in [0, 0.1) is 0 Å². The summed E-state index contributed by atoms with van der Waals surface area (Å²) >= 11 is 0. The van der Waals surface area contributed by atoms with Gasteiger partial charge < -0.3 is 4.74 Å². The molecule has 4 aliphatic rings. The van der Waals surface area contributed by atoms with E-state index < -0.39 is 0 Å². The van der Waals surface area contributed by atoms with Crippen LogP contribution in [0.2, 0.25) is 0 Å². The summed E-state index contributed by atoms with van der Waals surface area (Å²) in [7, 11) is 1.72. The average Bonchev–Trinajstić information content (AvgIpc) is 2.88. The Bertz CT molecular complexity index is 990. The van der Waals surface area contributed by atoms with Crippen molar-refractivity contribution >= 4 is 5.91 Å². The van der Waals surface area contributed by atoms with Crippen molar-refractivity contribution in [3.8, 4) is 5.75 Å². The van der Waals surface area contributed by atoms with Crippen LogP contribution in [0.3, 0.4) is 0 Å². The molecule has 4 fully saturated rings. The fourth-order valence-corrected chi connectivity index (χ4v) is 5.86. The van der Waals surface area contributed by atoms with Gasteiger partial charge in [0.1, 0.15) is 5.75 Å². The van der Waals surface area contributed by atoms with Crippen LogP contribution in [0.1, 0.15) is 53.2 Å². The topological polar surface area (TPSA) is 48.0 Å². The van der Waals surface area contributed by atoms with Crippen LogP contribution in [-0.2, 0) is 0 Å². The fraction of sp³-hybridized carbons (Fsp3) is 0.464. The number of piperidine rings is 2. The first kappa shape index (κ1) is 23.1. The van der Waals surface area contributed by atoms with Crippen LogP contribution in [-0.4, -0.2) is 72.6 Å². The molecule has 6 nitrogen and oxygen atoms in total. The Morgan fingerprint density at radius 3 is 2.50 bits per heavy atom. The van der Waals surface area contributed by atoms with Crippen molar-refractivity contribution in [3.63, 3.8) is 0 Å². The Morgan fingerprint density at radius 2 is 1.82 bits per heavy atom. The third-order valence-corrected chi connectivity index (χ3v) is 7.52. The summed E-state index contributed by atoms with van der Waals surface area (Å²) in [6.45, 7) is 8.87. The molecule has 0 aliphatic carbocycles. The third-order valence-electron chi connectivity index (χ3n) is 7.52. The normalized spacial score (nSPS) is 24.1. The van der Waals surface area contributed by atoms with Gasteiger partial charge in [-0.2, -0.15) is 0 Å². The number of nitrogens with zero attached hydrogens (tertiary/aromatic N) is 3. The van der Waals surface area contributed by atoms with Crippen LogP contribution >= 0.6 is 0 Å². The van der Waals surface area contributed by atoms with Crippen molar-refractivity contribution in [2.45, 2.75) is 43.8 Å². The van der Waals surface area contributed by atoms with E-state index in [4.69, 9.17) is 4.74 Å². The molecular weight excluding hydrogens is 424 g/mol. The van der Waals surface area contributed by atoms with E-state index in [9.17, 15) is 4.79 Å². The second kappa shape index (κ2) is 10.3. The first-order chi connectivity index (χ1) is 16.7. The van der Waals surface area contributed by atoms with Gasteiger partial charge in [-0.3, -0.25) is 20.0 Å². The van der Waals surface area contributed by atoms with Gasteiger partial charge in [-0.05, 0) is 54.7 Å². The largest absolute Gasteiger partial charge is 0.497 e. The molecule has 34 heavy (non-hydrogen) atoms. The maximum absolute atomic E-state index is 12.8. The van der Waals surface area contributed by atoms with E-state index in [1.165, 1.54) is 24.0 Å². The zero-order valence-electron chi connectivity index (χ0n) is 20.2. The quantitative estimate of drug-likeness (QED) is 0.607. The molecule has 2 bridgehead atoms. The monoisotopic (exact) mass is 460 g/mol. The van der Waals surface area contributed by atoms with Gasteiger partial charge in [0.15, 0.2) is 0 Å². The molecule has 2 aromatic rings. The van der Waals surface area contributed by atoms with E-state index in [1.807, 2.05) is 24.3 Å². The summed E-state index contributed by atoms with van der Waals surface area (Å²) < 4.78 is 5.54. The lowest BCUT2D eigenvalue weighted by Gasteiger charge is -2.59. The number of fused-ring (bicyclic) bond motifs is 2. The van der Waals surface area contributed by atoms with E-state index in [0.29, 0.717) is 17.6 Å². The molecular formula is C28H36N4O2. The van der Waals surface area contributed by atoms with Crippen molar-refractivity contribution in [1.29, 1.82) is 0 Å². The number of carbonyl (C=O) groups is 1. The number of nitrogens with one attached hydrogen (secondary N) is 1. The second-order valence-corrected chi connectivity index (χ2v) is 9.79. The highest BCUT2D eigenvalue weighted by Gasteiger charge is 2.48. The highest BCUT2D eigenvalue weighted by atomic mass is 16.5. The highest BCUT2D eigenvalue weighted by Crippen LogP contribution is 2.43. The number of hydrogen-bond donors (Lipinski definition) is 1. The van der Waals surface area contributed by atoms with Gasteiger partial charge in [0.25, 0.3) is 5.91 Å². The van der Waals surface area contributed by atoms with E-state index in [0.717, 1.165) is 51.3 Å². The summed E-state index contributed by atoms with van der Waals surface area (Å²) in [5.74, 6) is 0.853. The highest BCUT2D eigenvalue weighted by molar-refractivity contribution is 5.93. The van der Waals surface area contributed by atoms with Gasteiger partial charge in [-0.25, -0.2) is 5.01 Å². The van der Waals surface area contributed by atoms with Crippen LogP contribution in [0.4, 0.5) is 0 Å². The average molecular weight is 461 g/mol. The molecule has 0 radical (unpaired) electrons. The number of piperazine rings is 1. The van der Waals surface area contributed by atoms with Crippen molar-refractivity contribution < 1.29 is 9.53 Å². The molecule has 6 rings (SSSR count). The lowest BCUT2D eigenvalue weighted by Crippen LogP contribution is -2.69. The van der Waals surface area contributed by atoms with Gasteiger partial charge >= 0.3 is 0 Å². The number of amides is 1. The van der Waals surface area contributed by atoms with Crippen molar-refractivity contribution in [3.05, 3.63) is 77.9 Å². The molecule has 1 N–H and O–H groups in total. The second-order valence-electron chi connectivity index (χ2n) is 9.79. The van der Waals surface area contributed by atoms with Gasteiger partial charge in [-0.15, -0.1) is 6.58 Å². The Labute approximate surface area is 203 Å². The van der Waals surface area contributed by atoms with Crippen LogP contribution in [0.5, 0.6) is 5.75 Å². The number of carbonyl (C=O) groups excluding carboxylic acids is 1. The summed E-state index contributed by atoms with van der Waals surface area (Å²) in [5.41, 5.74) is 6.24. The van der Waals surface area contributed by atoms with Crippen LogP contribution in [0.15, 0.2) is 61.2 Å². The summed E-state index contributed by atoms with van der Waals surface area (Å²) in [5, 5.41) is 2.05. The first-order valence-electron chi connectivity index (χ1n) is 12.6. The van der Waals surface area contributed by atoms with Gasteiger partial charge in [0.05, 0.1) is 13.2 Å². The Kier molecular flexibility index (Phi) is 6.99. The molecule has 3 atom stereocenters. The summed E-state index contributed by atoms with van der Waals surface area (Å²) in [6.07, 6.45) is 6.77. The number of benzene rings is 2. The van der Waals surface area contributed by atoms with Crippen molar-refractivity contribution in [1.82, 2.24) is 20.2 Å². The lowest BCUT2D eigenvalue weighted by molar-refractivity contribution is -0.0850. The Balaban J connectivity index is 1.38. The lowest BCUT2D eigenvalue weighted by atomic mass is 9.81. The number of methoxy groups -OCH3 is 1. The maximum Gasteiger partial charge on any atom is 0.265 e. The number of hydrazine groups is 1. The molecule has 0 spiro atoms. The minimum atomic E-state index is -0.0210.